The minimum absolute atomic E-state index is 0.388. The van der Waals surface area contributed by atoms with Crippen LogP contribution in [0, 0.1) is 0 Å². The third-order valence-corrected chi connectivity index (χ3v) is 3.31. The number of anilines is 1. The summed E-state index contributed by atoms with van der Waals surface area (Å²) in [5.74, 6) is 2.74. The first-order chi connectivity index (χ1) is 9.10. The Labute approximate surface area is 119 Å². The van der Waals surface area contributed by atoms with E-state index in [1.54, 1.807) is 6.26 Å². The fourth-order valence-corrected chi connectivity index (χ4v) is 2.03. The van der Waals surface area contributed by atoms with Crippen LogP contribution >= 0.6 is 11.6 Å². The molecule has 2 aromatic rings. The molecule has 0 saturated carbocycles. The van der Waals surface area contributed by atoms with Crippen molar-refractivity contribution < 1.29 is 4.42 Å². The monoisotopic (exact) mass is 278 g/mol. The number of halogens is 1. The normalized spacial score (nSPS) is 11.0. The van der Waals surface area contributed by atoms with Gasteiger partial charge in [-0.15, -0.1) is 11.6 Å². The van der Waals surface area contributed by atoms with Crippen LogP contribution in [-0.4, -0.2) is 12.0 Å². The van der Waals surface area contributed by atoms with Crippen molar-refractivity contribution in [2.45, 2.75) is 32.2 Å². The highest BCUT2D eigenvalue weighted by Crippen LogP contribution is 2.21. The first-order valence-electron chi connectivity index (χ1n) is 6.40. The van der Waals surface area contributed by atoms with Crippen LogP contribution in [0.1, 0.15) is 36.8 Å². The molecule has 0 N–H and O–H groups in total. The molecule has 19 heavy (non-hydrogen) atoms. The summed E-state index contributed by atoms with van der Waals surface area (Å²) in [6.07, 6.45) is 1.69. The Morgan fingerprint density at radius 3 is 2.74 bits per heavy atom. The molecule has 0 fully saturated rings. The highest BCUT2D eigenvalue weighted by Gasteiger charge is 2.10. The van der Waals surface area contributed by atoms with E-state index in [4.69, 9.17) is 16.0 Å². The summed E-state index contributed by atoms with van der Waals surface area (Å²) in [5.41, 5.74) is 2.17. The summed E-state index contributed by atoms with van der Waals surface area (Å²) in [7, 11) is 2.01. The summed E-state index contributed by atoms with van der Waals surface area (Å²) in [5, 5.41) is 0. The lowest BCUT2D eigenvalue weighted by Crippen LogP contribution is -2.18. The molecular weight excluding hydrogens is 260 g/mol. The largest absolute Gasteiger partial charge is 0.467 e. The quantitative estimate of drug-likeness (QED) is 0.769. The van der Waals surface area contributed by atoms with E-state index in [1.165, 1.54) is 0 Å². The number of rotatable bonds is 5. The van der Waals surface area contributed by atoms with Crippen molar-refractivity contribution in [3.63, 3.8) is 0 Å². The number of alkyl halides is 1. The van der Waals surface area contributed by atoms with Gasteiger partial charge in [0.15, 0.2) is 0 Å². The average molecular weight is 279 g/mol. The van der Waals surface area contributed by atoms with Crippen molar-refractivity contribution in [3.8, 4) is 0 Å². The third kappa shape index (κ3) is 3.51. The maximum absolute atomic E-state index is 5.96. The predicted molar refractivity (Wildman–Crippen MR) is 78.7 cm³/mol. The van der Waals surface area contributed by atoms with Crippen molar-refractivity contribution in [1.82, 2.24) is 4.98 Å². The molecule has 2 heterocycles. The van der Waals surface area contributed by atoms with Crippen molar-refractivity contribution in [3.05, 3.63) is 47.5 Å². The van der Waals surface area contributed by atoms with Gasteiger partial charge in [-0.05, 0) is 35.7 Å². The van der Waals surface area contributed by atoms with Crippen molar-refractivity contribution in [2.24, 2.45) is 0 Å². The van der Waals surface area contributed by atoms with E-state index in [9.17, 15) is 0 Å². The molecule has 0 atom stereocenters. The van der Waals surface area contributed by atoms with Crippen molar-refractivity contribution in [2.75, 3.05) is 11.9 Å². The van der Waals surface area contributed by atoms with Crippen LogP contribution in [0.5, 0.6) is 0 Å². The lowest BCUT2D eigenvalue weighted by molar-refractivity contribution is 0.507. The molecule has 3 nitrogen and oxygen atoms in total. The van der Waals surface area contributed by atoms with Crippen LogP contribution in [0.15, 0.2) is 34.9 Å². The van der Waals surface area contributed by atoms with Gasteiger partial charge in [-0.1, -0.05) is 13.8 Å². The molecule has 102 valence electrons. The maximum Gasteiger partial charge on any atom is 0.129 e. The molecule has 0 aliphatic carbocycles. The summed E-state index contributed by atoms with van der Waals surface area (Å²) in [6, 6.07) is 7.96. The van der Waals surface area contributed by atoms with Gasteiger partial charge in [-0.25, -0.2) is 4.98 Å². The van der Waals surface area contributed by atoms with Gasteiger partial charge in [0.1, 0.15) is 11.6 Å². The zero-order chi connectivity index (χ0) is 13.8. The molecule has 4 heteroatoms. The Kier molecular flexibility index (Phi) is 4.48. The second-order valence-electron chi connectivity index (χ2n) is 4.98. The zero-order valence-corrected chi connectivity index (χ0v) is 12.3. The molecule has 0 unspecified atom stereocenters. The van der Waals surface area contributed by atoms with E-state index < -0.39 is 0 Å². The minimum atomic E-state index is 0.388. The number of hydrogen-bond donors (Lipinski definition) is 0. The smallest absolute Gasteiger partial charge is 0.129 e. The average Bonchev–Trinajstić information content (AvgIpc) is 2.90. The van der Waals surface area contributed by atoms with Gasteiger partial charge in [0.05, 0.1) is 12.8 Å². The first-order valence-corrected chi connectivity index (χ1v) is 6.94. The van der Waals surface area contributed by atoms with Crippen molar-refractivity contribution in [1.29, 1.82) is 0 Å². The molecule has 0 spiro atoms. The molecule has 0 aliphatic rings. The zero-order valence-electron chi connectivity index (χ0n) is 11.6. The van der Waals surface area contributed by atoms with Crippen LogP contribution in [0.4, 0.5) is 5.82 Å². The molecule has 0 saturated heterocycles. The highest BCUT2D eigenvalue weighted by atomic mass is 35.5. The SMILES string of the molecule is CC(C)c1cc(CCl)cc(N(C)Cc2ccco2)n1. The van der Waals surface area contributed by atoms with Crippen LogP contribution in [-0.2, 0) is 12.4 Å². The van der Waals surface area contributed by atoms with Crippen LogP contribution in [0.3, 0.4) is 0 Å². The lowest BCUT2D eigenvalue weighted by Gasteiger charge is -2.19. The molecule has 0 radical (unpaired) electrons. The number of pyridine rings is 1. The number of aromatic nitrogens is 1. The van der Waals surface area contributed by atoms with Crippen LogP contribution in [0.2, 0.25) is 0 Å². The van der Waals surface area contributed by atoms with Crippen LogP contribution < -0.4 is 4.90 Å². The van der Waals surface area contributed by atoms with Gasteiger partial charge in [-0.2, -0.15) is 0 Å². The molecule has 0 amide bonds. The van der Waals surface area contributed by atoms with E-state index in [-0.39, 0.29) is 0 Å². The fraction of sp³-hybridized carbons (Fsp3) is 0.400. The lowest BCUT2D eigenvalue weighted by atomic mass is 10.1. The van der Waals surface area contributed by atoms with E-state index in [0.29, 0.717) is 18.3 Å². The number of nitrogens with zero attached hydrogens (tertiary/aromatic N) is 2. The third-order valence-electron chi connectivity index (χ3n) is 3.00. The van der Waals surface area contributed by atoms with Gasteiger partial charge in [0.2, 0.25) is 0 Å². The summed E-state index contributed by atoms with van der Waals surface area (Å²) in [6.45, 7) is 4.97. The Morgan fingerprint density at radius 1 is 1.37 bits per heavy atom. The van der Waals surface area contributed by atoms with Crippen LogP contribution in [0.25, 0.3) is 0 Å². The standard InChI is InChI=1S/C15H19ClN2O/c1-11(2)14-7-12(9-16)8-15(17-14)18(3)10-13-5-4-6-19-13/h4-8,11H,9-10H2,1-3H3. The molecule has 0 aliphatic heterocycles. The Balaban J connectivity index is 2.24. The fourth-order valence-electron chi connectivity index (χ4n) is 1.88. The Bertz CT molecular complexity index is 523. The van der Waals surface area contributed by atoms with Gasteiger partial charge in [-0.3, -0.25) is 0 Å². The number of furan rings is 1. The van der Waals surface area contributed by atoms with E-state index >= 15 is 0 Å². The second kappa shape index (κ2) is 6.11. The Morgan fingerprint density at radius 2 is 2.16 bits per heavy atom. The highest BCUT2D eigenvalue weighted by molar-refractivity contribution is 6.17. The van der Waals surface area contributed by atoms with Gasteiger partial charge >= 0.3 is 0 Å². The first kappa shape index (κ1) is 13.9. The molecule has 2 rings (SSSR count). The maximum atomic E-state index is 5.96. The van der Waals surface area contributed by atoms with E-state index in [1.807, 2.05) is 25.2 Å². The van der Waals surface area contributed by atoms with Gasteiger partial charge < -0.3 is 9.32 Å². The van der Waals surface area contributed by atoms with E-state index in [0.717, 1.165) is 22.8 Å². The van der Waals surface area contributed by atoms with Gasteiger partial charge in [0, 0.05) is 18.6 Å². The number of hydrogen-bond acceptors (Lipinski definition) is 3. The second-order valence-corrected chi connectivity index (χ2v) is 5.25. The minimum Gasteiger partial charge on any atom is -0.467 e. The molecule has 0 aromatic carbocycles. The Hall–Kier alpha value is -1.48. The summed E-state index contributed by atoms with van der Waals surface area (Å²) < 4.78 is 5.36. The molecule has 2 aromatic heterocycles. The van der Waals surface area contributed by atoms with E-state index in [2.05, 4.69) is 29.8 Å². The topological polar surface area (TPSA) is 29.3 Å². The van der Waals surface area contributed by atoms with Crippen molar-refractivity contribution >= 4 is 17.4 Å². The summed E-state index contributed by atoms with van der Waals surface area (Å²) >= 11 is 5.96. The molecule has 0 bridgehead atoms. The predicted octanol–water partition coefficient (Wildman–Crippen LogP) is 4.17. The molecular formula is C15H19ClN2O. The van der Waals surface area contributed by atoms with Gasteiger partial charge in [0.25, 0.3) is 0 Å². The summed E-state index contributed by atoms with van der Waals surface area (Å²) in [4.78, 5) is 6.76.